The number of aliphatic hydroxyl groups is 2. The number of nitrogens with two attached hydrogens (primary N) is 1. The van der Waals surface area contributed by atoms with E-state index in [-0.39, 0.29) is 16.5 Å². The highest BCUT2D eigenvalue weighted by Crippen LogP contribution is 2.44. The summed E-state index contributed by atoms with van der Waals surface area (Å²) in [6, 6.07) is 13.4. The van der Waals surface area contributed by atoms with Crippen LogP contribution in [0.5, 0.6) is 0 Å². The topological polar surface area (TPSA) is 135 Å². The first-order valence-electron chi connectivity index (χ1n) is 12.7. The molecule has 2 aromatic heterocycles. The van der Waals surface area contributed by atoms with E-state index in [4.69, 9.17) is 5.73 Å². The summed E-state index contributed by atoms with van der Waals surface area (Å²) in [4.78, 5) is 23.7. The third-order valence-electron chi connectivity index (χ3n) is 7.16. The van der Waals surface area contributed by atoms with Crippen molar-refractivity contribution in [3.05, 3.63) is 95.6 Å². The molecule has 5 aromatic rings. The predicted molar refractivity (Wildman–Crippen MR) is 145 cm³/mol. The van der Waals surface area contributed by atoms with Crippen LogP contribution in [-0.4, -0.2) is 55.2 Å². The van der Waals surface area contributed by atoms with Gasteiger partial charge in [-0.25, -0.2) is 9.07 Å². The zero-order valence-corrected chi connectivity index (χ0v) is 22.1. The number of fused-ring (bicyclic) bond motifs is 2. The number of rotatable bonds is 8. The number of carbonyl (C=O) groups excluding carboxylic acids is 2. The number of benzene rings is 3. The standard InChI is InChI=1S/C29H25F4N5O4/c1-37-15-17(21-3-2-4-22(26(21)37)27(41)35-14-25(34)40)12-24(39)28(42,29(31,32)33)18-5-10-23-16(11-18)13-36-38(23)20-8-6-19(30)7-9-20/h2-11,13,15,24,39,42H,12,14H2,1H3,(H2,34,40)(H,35,41). The summed E-state index contributed by atoms with van der Waals surface area (Å²) in [6.07, 6.45) is -5.48. The number of nitrogens with zero attached hydrogens (tertiary/aromatic N) is 3. The van der Waals surface area contributed by atoms with Gasteiger partial charge in [-0.3, -0.25) is 9.59 Å². The van der Waals surface area contributed by atoms with Crippen LogP contribution in [0.2, 0.25) is 0 Å². The highest BCUT2D eigenvalue weighted by Gasteiger charge is 2.59. The van der Waals surface area contributed by atoms with Crippen molar-refractivity contribution in [2.24, 2.45) is 12.8 Å². The highest BCUT2D eigenvalue weighted by molar-refractivity contribution is 6.07. The van der Waals surface area contributed by atoms with Crippen molar-refractivity contribution in [3.63, 3.8) is 0 Å². The van der Waals surface area contributed by atoms with Gasteiger partial charge in [0, 0.05) is 30.4 Å². The number of aromatic nitrogens is 3. The van der Waals surface area contributed by atoms with Gasteiger partial charge in [0.05, 0.1) is 35.0 Å². The van der Waals surface area contributed by atoms with Crippen LogP contribution in [0.4, 0.5) is 17.6 Å². The minimum Gasteiger partial charge on any atom is -0.389 e. The van der Waals surface area contributed by atoms with Crippen molar-refractivity contribution >= 4 is 33.6 Å². The molecule has 13 heteroatoms. The van der Waals surface area contributed by atoms with Gasteiger partial charge in [0.15, 0.2) is 0 Å². The maximum Gasteiger partial charge on any atom is 0.424 e. The molecule has 0 spiro atoms. The van der Waals surface area contributed by atoms with Crippen molar-refractivity contribution in [1.29, 1.82) is 0 Å². The SMILES string of the molecule is Cn1cc(CC(O)C(O)(c2ccc3c(cnn3-c3ccc(F)cc3)c2)C(F)(F)F)c2cccc(C(=O)NCC(N)=O)c21. The highest BCUT2D eigenvalue weighted by atomic mass is 19.4. The maximum atomic E-state index is 14.5. The molecule has 5 rings (SSSR count). The Balaban J connectivity index is 1.51. The Labute approximate surface area is 235 Å². The summed E-state index contributed by atoms with van der Waals surface area (Å²) in [5, 5.41) is 29.4. The van der Waals surface area contributed by atoms with Crippen molar-refractivity contribution in [1.82, 2.24) is 19.7 Å². The Kier molecular flexibility index (Phi) is 7.25. The van der Waals surface area contributed by atoms with Gasteiger partial charge in [0.2, 0.25) is 11.5 Å². The average molecular weight is 584 g/mol. The number of hydrogen-bond donors (Lipinski definition) is 4. The number of amides is 2. The predicted octanol–water partition coefficient (Wildman–Crippen LogP) is 3.22. The van der Waals surface area contributed by atoms with Crippen molar-refractivity contribution in [2.75, 3.05) is 6.54 Å². The number of primary amides is 1. The van der Waals surface area contributed by atoms with Crippen LogP contribution in [0.3, 0.4) is 0 Å². The van der Waals surface area contributed by atoms with Crippen LogP contribution in [-0.2, 0) is 23.9 Å². The molecule has 0 saturated carbocycles. The van der Waals surface area contributed by atoms with E-state index in [9.17, 15) is 37.4 Å². The van der Waals surface area contributed by atoms with E-state index < -0.39 is 54.0 Å². The number of halogens is 4. The van der Waals surface area contributed by atoms with E-state index in [1.165, 1.54) is 64.1 Å². The van der Waals surface area contributed by atoms with Crippen LogP contribution in [0.1, 0.15) is 21.5 Å². The molecule has 42 heavy (non-hydrogen) atoms. The first kappa shape index (κ1) is 28.8. The molecule has 0 aliphatic carbocycles. The van der Waals surface area contributed by atoms with Crippen molar-refractivity contribution in [2.45, 2.75) is 24.3 Å². The molecule has 0 aliphatic rings. The van der Waals surface area contributed by atoms with E-state index in [1.807, 2.05) is 0 Å². The summed E-state index contributed by atoms with van der Waals surface area (Å²) in [5.74, 6) is -1.83. The molecule has 0 bridgehead atoms. The molecule has 2 amide bonds. The maximum absolute atomic E-state index is 14.5. The van der Waals surface area contributed by atoms with Gasteiger partial charge in [0.25, 0.3) is 5.91 Å². The van der Waals surface area contributed by atoms with Crippen LogP contribution < -0.4 is 11.1 Å². The third kappa shape index (κ3) is 4.97. The lowest BCUT2D eigenvalue weighted by Gasteiger charge is -2.35. The molecule has 3 aromatic carbocycles. The fourth-order valence-electron chi connectivity index (χ4n) is 5.12. The van der Waals surface area contributed by atoms with Gasteiger partial charge in [-0.2, -0.15) is 18.3 Å². The summed E-state index contributed by atoms with van der Waals surface area (Å²) >= 11 is 0. The van der Waals surface area contributed by atoms with E-state index >= 15 is 0 Å². The molecular weight excluding hydrogens is 558 g/mol. The van der Waals surface area contributed by atoms with Gasteiger partial charge in [-0.1, -0.05) is 18.2 Å². The quantitative estimate of drug-likeness (QED) is 0.208. The zero-order chi connectivity index (χ0) is 30.4. The molecule has 0 aliphatic heterocycles. The molecule has 9 nitrogen and oxygen atoms in total. The molecular formula is C29H25F4N5O4. The van der Waals surface area contributed by atoms with Gasteiger partial charge in [-0.05, 0) is 53.6 Å². The van der Waals surface area contributed by atoms with E-state index in [1.54, 1.807) is 13.1 Å². The molecule has 5 N–H and O–H groups in total. The average Bonchev–Trinajstić information content (AvgIpc) is 3.51. The second-order valence-corrected chi connectivity index (χ2v) is 9.91. The summed E-state index contributed by atoms with van der Waals surface area (Å²) in [7, 11) is 1.58. The second-order valence-electron chi connectivity index (χ2n) is 9.91. The molecule has 0 saturated heterocycles. The van der Waals surface area contributed by atoms with Crippen LogP contribution in [0, 0.1) is 5.82 Å². The number of alkyl halides is 3. The largest absolute Gasteiger partial charge is 0.424 e. The number of carbonyl (C=O) groups is 2. The first-order chi connectivity index (χ1) is 19.8. The lowest BCUT2D eigenvalue weighted by Crippen LogP contribution is -2.52. The summed E-state index contributed by atoms with van der Waals surface area (Å²) < 4.78 is 59.9. The van der Waals surface area contributed by atoms with E-state index in [2.05, 4.69) is 10.4 Å². The molecule has 2 atom stereocenters. The van der Waals surface area contributed by atoms with E-state index in [0.29, 0.717) is 22.1 Å². The smallest absolute Gasteiger partial charge is 0.389 e. The van der Waals surface area contributed by atoms with Gasteiger partial charge in [0.1, 0.15) is 11.9 Å². The van der Waals surface area contributed by atoms with Gasteiger partial charge >= 0.3 is 6.18 Å². The molecule has 218 valence electrons. The lowest BCUT2D eigenvalue weighted by atomic mass is 9.83. The first-order valence-corrected chi connectivity index (χ1v) is 12.7. The Morgan fingerprint density at radius 2 is 1.81 bits per heavy atom. The minimum absolute atomic E-state index is 0.145. The molecule has 0 fully saturated rings. The Bertz CT molecular complexity index is 1810. The number of aryl methyl sites for hydroxylation is 1. The summed E-state index contributed by atoms with van der Waals surface area (Å²) in [6.45, 7) is -0.406. The molecule has 2 unspecified atom stereocenters. The fraction of sp³-hybridized carbons (Fsp3) is 0.207. The van der Waals surface area contributed by atoms with Gasteiger partial charge in [-0.15, -0.1) is 0 Å². The Morgan fingerprint density at radius 1 is 1.10 bits per heavy atom. The monoisotopic (exact) mass is 583 g/mol. The number of aliphatic hydroxyl groups excluding tert-OH is 1. The van der Waals surface area contributed by atoms with E-state index in [0.717, 1.165) is 12.1 Å². The number of nitrogens with one attached hydrogen (secondary N) is 1. The third-order valence-corrected chi connectivity index (χ3v) is 7.16. The Morgan fingerprint density at radius 3 is 2.48 bits per heavy atom. The summed E-state index contributed by atoms with van der Waals surface area (Å²) in [5.41, 5.74) is 2.45. The molecule has 2 heterocycles. The molecule has 0 radical (unpaired) electrons. The van der Waals surface area contributed by atoms with Crippen LogP contribution in [0.15, 0.2) is 73.1 Å². The fourth-order valence-corrected chi connectivity index (χ4v) is 5.12. The minimum atomic E-state index is -5.28. The van der Waals surface area contributed by atoms with Crippen molar-refractivity contribution < 1.29 is 37.4 Å². The number of hydrogen-bond acceptors (Lipinski definition) is 5. The van der Waals surface area contributed by atoms with Crippen LogP contribution in [0.25, 0.3) is 27.5 Å². The van der Waals surface area contributed by atoms with Crippen molar-refractivity contribution in [3.8, 4) is 5.69 Å². The Hall–Kier alpha value is -4.75. The normalized spacial score (nSPS) is 14.2. The zero-order valence-electron chi connectivity index (χ0n) is 22.1. The second kappa shape index (κ2) is 10.6. The number of para-hydroxylation sites is 1. The van der Waals surface area contributed by atoms with Crippen LogP contribution >= 0.6 is 0 Å². The lowest BCUT2D eigenvalue weighted by molar-refractivity contribution is -0.297. The van der Waals surface area contributed by atoms with Gasteiger partial charge < -0.3 is 25.8 Å².